The lowest BCUT2D eigenvalue weighted by Crippen LogP contribution is -2.73. The van der Waals surface area contributed by atoms with Crippen LogP contribution in [0, 0.1) is 28.1 Å². The number of carbonyl (C=O) groups is 2. The first-order valence-electron chi connectivity index (χ1n) is 12.1. The van der Waals surface area contributed by atoms with Crippen LogP contribution in [0.25, 0.3) is 0 Å². The van der Waals surface area contributed by atoms with E-state index >= 15 is 0 Å². The Hall–Kier alpha value is -2.16. The average Bonchev–Trinajstić information content (AvgIpc) is 3.07. The van der Waals surface area contributed by atoms with E-state index in [-0.39, 0.29) is 36.8 Å². The number of carbonyl (C=O) groups excluding carboxylic acids is 2. The van der Waals surface area contributed by atoms with Gasteiger partial charge in [0.2, 0.25) is 0 Å². The molecule has 8 nitrogen and oxygen atoms in total. The highest BCUT2D eigenvalue weighted by molar-refractivity contribution is 5.98. The fourth-order valence-corrected chi connectivity index (χ4v) is 9.29. The van der Waals surface area contributed by atoms with Gasteiger partial charge < -0.3 is 28.8 Å². The summed E-state index contributed by atoms with van der Waals surface area (Å²) < 4.78 is 23.4. The van der Waals surface area contributed by atoms with Gasteiger partial charge in [-0.3, -0.25) is 9.59 Å². The van der Waals surface area contributed by atoms with Gasteiger partial charge in [-0.2, -0.15) is 0 Å². The molecule has 0 amide bonds. The molecule has 1 aromatic heterocycles. The highest BCUT2D eigenvalue weighted by Gasteiger charge is 2.90. The number of cyclic esters (lactones) is 1. The number of aliphatic hydroxyl groups is 2. The maximum atomic E-state index is 13.2. The van der Waals surface area contributed by atoms with Crippen LogP contribution >= 0.6 is 0 Å². The fraction of sp³-hybridized carbons (Fsp3) is 0.692. The number of epoxide rings is 1. The molecule has 7 rings (SSSR count). The molecule has 0 aromatic carbocycles. The third-order valence-electron chi connectivity index (χ3n) is 10.9. The maximum Gasteiger partial charge on any atom is 0.306 e. The van der Waals surface area contributed by atoms with E-state index < -0.39 is 51.5 Å². The average molecular weight is 471 g/mol. The molecule has 34 heavy (non-hydrogen) atoms. The molecule has 1 spiro atoms. The summed E-state index contributed by atoms with van der Waals surface area (Å²) in [5.74, 6) is -1.15. The Bertz CT molecular complexity index is 1150. The first kappa shape index (κ1) is 21.1. The minimum absolute atomic E-state index is 0.00132. The maximum absolute atomic E-state index is 13.2. The number of furan rings is 1. The van der Waals surface area contributed by atoms with Crippen LogP contribution < -0.4 is 0 Å². The number of fused-ring (bicyclic) bond motifs is 5. The molecule has 2 N–H and O–H groups in total. The minimum Gasteiger partial charge on any atom is -0.491 e. The molecule has 2 saturated carbocycles. The number of allylic oxidation sites excluding steroid dienone is 2. The quantitative estimate of drug-likeness (QED) is 0.473. The third-order valence-corrected chi connectivity index (χ3v) is 10.9. The number of esters is 1. The number of ether oxygens (including phenoxy) is 3. The van der Waals surface area contributed by atoms with Crippen LogP contribution in [0.1, 0.15) is 52.0 Å². The number of hydrogen-bond acceptors (Lipinski definition) is 8. The highest BCUT2D eigenvalue weighted by Crippen LogP contribution is 2.79. The lowest BCUT2D eigenvalue weighted by molar-refractivity contribution is -0.246. The van der Waals surface area contributed by atoms with Gasteiger partial charge in [0.1, 0.15) is 35.8 Å². The van der Waals surface area contributed by atoms with Gasteiger partial charge in [-0.1, -0.05) is 13.8 Å². The Labute approximate surface area is 197 Å². The minimum atomic E-state index is -1.39. The summed E-state index contributed by atoms with van der Waals surface area (Å²) in [6.45, 7) is 7.57. The summed E-state index contributed by atoms with van der Waals surface area (Å²) in [6.07, 6.45) is 3.59. The number of aliphatic hydroxyl groups excluding tert-OH is 1. The summed E-state index contributed by atoms with van der Waals surface area (Å²) >= 11 is 0. The molecule has 4 heterocycles. The van der Waals surface area contributed by atoms with Gasteiger partial charge in [0, 0.05) is 28.7 Å². The zero-order valence-electron chi connectivity index (χ0n) is 19.7. The van der Waals surface area contributed by atoms with Gasteiger partial charge in [0.25, 0.3) is 0 Å². The Kier molecular flexibility index (Phi) is 3.60. The first-order chi connectivity index (χ1) is 15.9. The van der Waals surface area contributed by atoms with Crippen LogP contribution in [0.5, 0.6) is 0 Å². The monoisotopic (exact) mass is 470 g/mol. The Morgan fingerprint density at radius 1 is 1.15 bits per heavy atom. The van der Waals surface area contributed by atoms with Crippen LogP contribution in [0.2, 0.25) is 0 Å². The van der Waals surface area contributed by atoms with E-state index in [2.05, 4.69) is 0 Å². The predicted molar refractivity (Wildman–Crippen MR) is 115 cm³/mol. The van der Waals surface area contributed by atoms with Gasteiger partial charge >= 0.3 is 5.97 Å². The standard InChI is InChI=1S/C26H30O8/c1-22-11-32-18(28)8-14(22)23(2)16(9-15(22)27)33-19-20(23)25(4,30)26-17(34-26)7-13(12-5-6-31-10-12)24(26,3)21(19)29/h5-6,9-10,13-14,17,19-21,29-30H,7-8,11H2,1-4H3. The van der Waals surface area contributed by atoms with E-state index in [0.717, 1.165) is 5.56 Å². The molecular weight excluding hydrogens is 440 g/mol. The fourth-order valence-electron chi connectivity index (χ4n) is 9.29. The molecule has 0 bridgehead atoms. The Balaban J connectivity index is 1.41. The van der Waals surface area contributed by atoms with Crippen LogP contribution in [0.15, 0.2) is 34.8 Å². The Morgan fingerprint density at radius 2 is 1.91 bits per heavy atom. The lowest BCUT2D eigenvalue weighted by atomic mass is 9.44. The van der Waals surface area contributed by atoms with Crippen LogP contribution in [0.4, 0.5) is 0 Å². The molecule has 3 aliphatic heterocycles. The molecule has 8 heteroatoms. The second kappa shape index (κ2) is 5.79. The van der Waals surface area contributed by atoms with Crippen molar-refractivity contribution in [1.29, 1.82) is 0 Å². The molecule has 0 radical (unpaired) electrons. The largest absolute Gasteiger partial charge is 0.491 e. The van der Waals surface area contributed by atoms with Gasteiger partial charge in [-0.15, -0.1) is 0 Å². The smallest absolute Gasteiger partial charge is 0.306 e. The van der Waals surface area contributed by atoms with E-state index in [1.807, 2.05) is 26.8 Å². The normalized spacial score (nSPS) is 56.8. The summed E-state index contributed by atoms with van der Waals surface area (Å²) in [7, 11) is 0. The van der Waals surface area contributed by atoms with Crippen molar-refractivity contribution < 1.29 is 38.4 Å². The van der Waals surface area contributed by atoms with Crippen molar-refractivity contribution in [2.24, 2.45) is 28.1 Å². The molecule has 3 saturated heterocycles. The van der Waals surface area contributed by atoms with Crippen molar-refractivity contribution in [3.05, 3.63) is 36.0 Å². The molecule has 182 valence electrons. The first-order valence-corrected chi connectivity index (χ1v) is 12.1. The van der Waals surface area contributed by atoms with Crippen molar-refractivity contribution >= 4 is 11.8 Å². The SMILES string of the molecule is CC12COC(=O)CC1C1(C)C(=CC2=O)OC2C1C(C)(O)C13OC1CC(c1ccoc1)C3(C)C2O. The molecule has 6 aliphatic rings. The number of rotatable bonds is 1. The predicted octanol–water partition coefficient (Wildman–Crippen LogP) is 2.09. The van der Waals surface area contributed by atoms with E-state index in [1.54, 1.807) is 19.5 Å². The summed E-state index contributed by atoms with van der Waals surface area (Å²) in [5, 5.41) is 24.4. The zero-order chi connectivity index (χ0) is 24.1. The number of ketones is 1. The summed E-state index contributed by atoms with van der Waals surface area (Å²) in [4.78, 5) is 25.6. The highest BCUT2D eigenvalue weighted by atomic mass is 16.6. The second-order valence-electron chi connectivity index (χ2n) is 12.1. The van der Waals surface area contributed by atoms with Crippen molar-refractivity contribution in [2.45, 2.75) is 76.0 Å². The Morgan fingerprint density at radius 3 is 2.62 bits per heavy atom. The van der Waals surface area contributed by atoms with Crippen molar-refractivity contribution in [2.75, 3.05) is 6.61 Å². The van der Waals surface area contributed by atoms with Gasteiger partial charge in [0.15, 0.2) is 5.78 Å². The molecular formula is C26H30O8. The number of hydrogen-bond donors (Lipinski definition) is 2. The van der Waals surface area contributed by atoms with E-state index in [1.165, 1.54) is 6.08 Å². The molecule has 1 aromatic rings. The zero-order valence-corrected chi connectivity index (χ0v) is 19.7. The molecule has 5 fully saturated rings. The van der Waals surface area contributed by atoms with Gasteiger partial charge in [-0.25, -0.2) is 0 Å². The second-order valence-corrected chi connectivity index (χ2v) is 12.1. The molecule has 11 unspecified atom stereocenters. The van der Waals surface area contributed by atoms with Gasteiger partial charge in [0.05, 0.1) is 30.5 Å². The molecule has 11 atom stereocenters. The summed E-state index contributed by atoms with van der Waals surface area (Å²) in [6, 6.07) is 1.90. The van der Waals surface area contributed by atoms with Crippen molar-refractivity contribution in [3.63, 3.8) is 0 Å². The summed E-state index contributed by atoms with van der Waals surface area (Å²) in [5.41, 5.74) is -4.00. The molecule has 3 aliphatic carbocycles. The topological polar surface area (TPSA) is 119 Å². The third kappa shape index (κ3) is 1.92. The van der Waals surface area contributed by atoms with Crippen molar-refractivity contribution in [1.82, 2.24) is 0 Å². The van der Waals surface area contributed by atoms with E-state index in [4.69, 9.17) is 18.6 Å². The van der Waals surface area contributed by atoms with E-state index in [9.17, 15) is 19.8 Å². The van der Waals surface area contributed by atoms with E-state index in [0.29, 0.717) is 12.2 Å². The van der Waals surface area contributed by atoms with Gasteiger partial charge in [-0.05, 0) is 37.8 Å². The van der Waals surface area contributed by atoms with Crippen LogP contribution in [-0.2, 0) is 23.8 Å². The van der Waals surface area contributed by atoms with Crippen molar-refractivity contribution in [3.8, 4) is 0 Å². The van der Waals surface area contributed by atoms with Crippen LogP contribution in [0.3, 0.4) is 0 Å². The lowest BCUT2D eigenvalue weighted by Gasteiger charge is -2.60. The van der Waals surface area contributed by atoms with Crippen LogP contribution in [-0.4, -0.2) is 58.1 Å².